The molecular formula is C26H20N4O9S2. The topological polar surface area (TPSA) is 171 Å². The molecule has 1 aliphatic rings. The summed E-state index contributed by atoms with van der Waals surface area (Å²) in [4.78, 5) is 60.6. The number of ether oxygens (including phenoxy) is 2. The zero-order chi connectivity index (χ0) is 29.7. The minimum absolute atomic E-state index is 0.0666. The Morgan fingerprint density at radius 1 is 1.02 bits per heavy atom. The van der Waals surface area contributed by atoms with Crippen LogP contribution in [0.3, 0.4) is 0 Å². The van der Waals surface area contributed by atoms with E-state index in [2.05, 4.69) is 5.32 Å². The molecule has 0 unspecified atom stereocenters. The molecule has 15 heteroatoms. The van der Waals surface area contributed by atoms with Crippen molar-refractivity contribution in [1.82, 2.24) is 4.90 Å². The summed E-state index contributed by atoms with van der Waals surface area (Å²) in [6.45, 7) is -0.463. The number of imide groups is 1. The highest BCUT2D eigenvalue weighted by Crippen LogP contribution is 2.39. The van der Waals surface area contributed by atoms with Gasteiger partial charge in [-0.3, -0.25) is 39.5 Å². The van der Waals surface area contributed by atoms with Crippen molar-refractivity contribution in [3.05, 3.63) is 91.4 Å². The highest BCUT2D eigenvalue weighted by molar-refractivity contribution is 8.18. The Bertz CT molecular complexity index is 1610. The summed E-state index contributed by atoms with van der Waals surface area (Å²) in [5.74, 6) is -1.22. The molecule has 3 aromatic rings. The number of nitrogens with zero attached hydrogens (tertiary/aromatic N) is 3. The summed E-state index contributed by atoms with van der Waals surface area (Å²) in [5.41, 5.74) is -0.100. The average Bonchev–Trinajstić information content (AvgIpc) is 3.20. The number of rotatable bonds is 10. The van der Waals surface area contributed by atoms with Crippen LogP contribution >= 0.6 is 23.5 Å². The van der Waals surface area contributed by atoms with E-state index in [1.807, 2.05) is 12.3 Å². The van der Waals surface area contributed by atoms with Crippen LogP contribution in [0.25, 0.3) is 6.08 Å². The SMILES string of the molecule is COc1cc(/C=C2/SC(=O)N(CC(=O)Nc3cccc(SC)c3)C2=O)ccc1Oc1ccc([N+](=O)[O-])cc1[N+](=O)[O-]. The summed E-state index contributed by atoms with van der Waals surface area (Å²) >= 11 is 2.18. The minimum atomic E-state index is -0.805. The molecule has 0 bridgehead atoms. The molecule has 0 aromatic heterocycles. The quantitative estimate of drug-likeness (QED) is 0.132. The fourth-order valence-corrected chi connectivity index (χ4v) is 4.96. The van der Waals surface area contributed by atoms with Crippen LogP contribution in [0.4, 0.5) is 21.9 Å². The molecule has 13 nitrogen and oxygen atoms in total. The van der Waals surface area contributed by atoms with Crippen LogP contribution in [0.1, 0.15) is 5.56 Å². The van der Waals surface area contributed by atoms with Gasteiger partial charge in [0.2, 0.25) is 11.7 Å². The monoisotopic (exact) mass is 596 g/mol. The predicted octanol–water partition coefficient (Wildman–Crippen LogP) is 5.70. The van der Waals surface area contributed by atoms with Crippen molar-refractivity contribution in [1.29, 1.82) is 0 Å². The summed E-state index contributed by atoms with van der Waals surface area (Å²) in [5, 5.41) is 24.5. The second kappa shape index (κ2) is 12.5. The number of thioether (sulfide) groups is 2. The molecule has 4 rings (SSSR count). The number of hydrogen-bond acceptors (Lipinski definition) is 11. The number of non-ortho nitro benzene ring substituents is 1. The number of nitro benzene ring substituents is 2. The van der Waals surface area contributed by atoms with Gasteiger partial charge in [-0.1, -0.05) is 12.1 Å². The highest BCUT2D eigenvalue weighted by Gasteiger charge is 2.36. The third kappa shape index (κ3) is 6.82. The normalized spacial score (nSPS) is 13.8. The largest absolute Gasteiger partial charge is 0.493 e. The van der Waals surface area contributed by atoms with Crippen molar-refractivity contribution in [2.75, 3.05) is 25.2 Å². The molecule has 1 heterocycles. The van der Waals surface area contributed by atoms with Crippen LogP contribution in [0.2, 0.25) is 0 Å². The van der Waals surface area contributed by atoms with Crippen LogP contribution < -0.4 is 14.8 Å². The van der Waals surface area contributed by atoms with Crippen LogP contribution in [-0.2, 0) is 9.59 Å². The van der Waals surface area contributed by atoms with E-state index < -0.39 is 44.8 Å². The predicted molar refractivity (Wildman–Crippen MR) is 152 cm³/mol. The van der Waals surface area contributed by atoms with Gasteiger partial charge in [0.15, 0.2) is 11.5 Å². The molecule has 3 amide bonds. The van der Waals surface area contributed by atoms with Gasteiger partial charge in [0.05, 0.1) is 27.9 Å². The lowest BCUT2D eigenvalue weighted by molar-refractivity contribution is -0.394. The van der Waals surface area contributed by atoms with E-state index in [0.717, 1.165) is 28.0 Å². The van der Waals surface area contributed by atoms with Gasteiger partial charge in [-0.05, 0) is 66.1 Å². The van der Waals surface area contributed by atoms with Gasteiger partial charge in [-0.2, -0.15) is 0 Å². The molecule has 0 radical (unpaired) electrons. The number of anilines is 1. The van der Waals surface area contributed by atoms with Crippen LogP contribution in [0.5, 0.6) is 17.2 Å². The molecule has 0 aliphatic carbocycles. The maximum atomic E-state index is 12.9. The number of hydrogen-bond donors (Lipinski definition) is 1. The molecule has 1 aliphatic heterocycles. The first-order valence-electron chi connectivity index (χ1n) is 11.6. The van der Waals surface area contributed by atoms with Crippen molar-refractivity contribution in [3.8, 4) is 17.2 Å². The first-order valence-corrected chi connectivity index (χ1v) is 13.6. The fourth-order valence-electron chi connectivity index (χ4n) is 3.66. The number of methoxy groups -OCH3 is 1. The molecule has 0 atom stereocenters. The average molecular weight is 597 g/mol. The number of carbonyl (C=O) groups is 3. The molecule has 41 heavy (non-hydrogen) atoms. The Hall–Kier alpha value is -4.89. The molecule has 3 aromatic carbocycles. The fraction of sp³-hybridized carbons (Fsp3) is 0.115. The summed E-state index contributed by atoms with van der Waals surface area (Å²) in [6.07, 6.45) is 3.33. The number of carbonyl (C=O) groups excluding carboxylic acids is 3. The zero-order valence-electron chi connectivity index (χ0n) is 21.4. The molecular weight excluding hydrogens is 576 g/mol. The Labute approximate surface area is 240 Å². The highest BCUT2D eigenvalue weighted by atomic mass is 32.2. The molecule has 0 spiro atoms. The Morgan fingerprint density at radius 2 is 1.78 bits per heavy atom. The van der Waals surface area contributed by atoms with E-state index in [4.69, 9.17) is 9.47 Å². The number of benzene rings is 3. The van der Waals surface area contributed by atoms with Gasteiger partial charge in [0, 0.05) is 16.6 Å². The summed E-state index contributed by atoms with van der Waals surface area (Å²) in [7, 11) is 1.33. The van der Waals surface area contributed by atoms with E-state index in [1.54, 1.807) is 18.2 Å². The second-order valence-corrected chi connectivity index (χ2v) is 10.1. The number of nitrogens with one attached hydrogen (secondary N) is 1. The minimum Gasteiger partial charge on any atom is -0.493 e. The first-order chi connectivity index (χ1) is 19.6. The maximum absolute atomic E-state index is 12.9. The van der Waals surface area contributed by atoms with Gasteiger partial charge in [-0.25, -0.2) is 0 Å². The Balaban J connectivity index is 1.50. The molecule has 0 saturated carbocycles. The van der Waals surface area contributed by atoms with Gasteiger partial charge in [0.1, 0.15) is 6.54 Å². The van der Waals surface area contributed by atoms with Crippen molar-refractivity contribution >= 4 is 63.7 Å². The number of amides is 3. The number of nitro groups is 2. The molecule has 1 fully saturated rings. The lowest BCUT2D eigenvalue weighted by Crippen LogP contribution is -2.36. The second-order valence-electron chi connectivity index (χ2n) is 8.23. The standard InChI is InChI=1S/C26H20N4O9S2/c1-38-22-10-15(6-8-21(22)39-20-9-7-17(29(34)35)13-19(20)30(36)37)11-23-25(32)28(26(33)41-23)14-24(31)27-16-4-3-5-18(12-16)40-2/h3-13H,14H2,1-2H3,(H,27,31)/b23-11+. The van der Waals surface area contributed by atoms with Gasteiger partial charge in [0.25, 0.3) is 16.8 Å². The third-order valence-electron chi connectivity index (χ3n) is 5.58. The zero-order valence-corrected chi connectivity index (χ0v) is 23.0. The smallest absolute Gasteiger partial charge is 0.318 e. The van der Waals surface area contributed by atoms with Gasteiger partial charge >= 0.3 is 5.69 Å². The lowest BCUT2D eigenvalue weighted by Gasteiger charge is -2.13. The van der Waals surface area contributed by atoms with E-state index in [-0.39, 0.29) is 22.2 Å². The van der Waals surface area contributed by atoms with Crippen molar-refractivity contribution in [2.24, 2.45) is 0 Å². The molecule has 210 valence electrons. The van der Waals surface area contributed by atoms with Crippen molar-refractivity contribution in [3.63, 3.8) is 0 Å². The maximum Gasteiger partial charge on any atom is 0.318 e. The molecule has 1 N–H and O–H groups in total. The van der Waals surface area contributed by atoms with Gasteiger partial charge in [-0.15, -0.1) is 11.8 Å². The Morgan fingerprint density at radius 3 is 2.46 bits per heavy atom. The van der Waals surface area contributed by atoms with E-state index in [1.165, 1.54) is 43.1 Å². The van der Waals surface area contributed by atoms with Crippen LogP contribution in [0.15, 0.2) is 70.5 Å². The van der Waals surface area contributed by atoms with Crippen molar-refractivity contribution in [2.45, 2.75) is 4.90 Å². The van der Waals surface area contributed by atoms with E-state index >= 15 is 0 Å². The lowest BCUT2D eigenvalue weighted by atomic mass is 10.1. The third-order valence-corrected chi connectivity index (χ3v) is 7.22. The van der Waals surface area contributed by atoms with E-state index in [9.17, 15) is 34.6 Å². The van der Waals surface area contributed by atoms with Crippen LogP contribution in [0, 0.1) is 20.2 Å². The van der Waals surface area contributed by atoms with Crippen LogP contribution in [-0.4, -0.2) is 51.7 Å². The van der Waals surface area contributed by atoms with Gasteiger partial charge < -0.3 is 14.8 Å². The van der Waals surface area contributed by atoms with E-state index in [0.29, 0.717) is 23.0 Å². The summed E-state index contributed by atoms with van der Waals surface area (Å²) in [6, 6.07) is 14.5. The molecule has 1 saturated heterocycles. The first kappa shape index (κ1) is 29.1. The Kier molecular flexibility index (Phi) is 8.89. The summed E-state index contributed by atoms with van der Waals surface area (Å²) < 4.78 is 10.9. The van der Waals surface area contributed by atoms with Crippen molar-refractivity contribution < 1.29 is 33.7 Å².